The van der Waals surface area contributed by atoms with Gasteiger partial charge in [-0.3, -0.25) is 0 Å². The maximum Gasteiger partial charge on any atom is 0.0974 e. The quantitative estimate of drug-likeness (QED) is 0.728. The molecule has 1 fully saturated rings. The van der Waals surface area contributed by atoms with Crippen molar-refractivity contribution in [3.63, 3.8) is 0 Å². The van der Waals surface area contributed by atoms with E-state index in [-0.39, 0.29) is 0 Å². The monoisotopic (exact) mass is 241 g/mol. The molecule has 0 unspecified atom stereocenters. The zero-order valence-electron chi connectivity index (χ0n) is 8.79. The summed E-state index contributed by atoms with van der Waals surface area (Å²) in [6.45, 7) is 0. The molecule has 1 aromatic heterocycles. The Morgan fingerprint density at radius 1 is 1.33 bits per heavy atom. The highest BCUT2D eigenvalue weighted by atomic mass is 35.5. The zero-order valence-corrected chi connectivity index (χ0v) is 10.4. The molecule has 1 aromatic rings. The third-order valence-corrected chi connectivity index (χ3v) is 4.28. The van der Waals surface area contributed by atoms with E-state index in [1.165, 1.54) is 37.9 Å². The van der Waals surface area contributed by atoms with Crippen molar-refractivity contribution in [2.75, 3.05) is 5.75 Å². The maximum absolute atomic E-state index is 5.91. The third-order valence-electron chi connectivity index (χ3n) is 2.89. The van der Waals surface area contributed by atoms with Crippen LogP contribution in [0.3, 0.4) is 0 Å². The van der Waals surface area contributed by atoms with Gasteiger partial charge < -0.3 is 0 Å². The minimum Gasteiger partial charge on any atom is -0.250 e. The molecule has 1 aliphatic carbocycles. The summed E-state index contributed by atoms with van der Waals surface area (Å²) < 4.78 is 0. The van der Waals surface area contributed by atoms with Crippen LogP contribution in [0.25, 0.3) is 0 Å². The summed E-state index contributed by atoms with van der Waals surface area (Å²) in [6.07, 6.45) is 8.83. The molecule has 3 heteroatoms. The molecule has 82 valence electrons. The number of hydrogen-bond acceptors (Lipinski definition) is 2. The van der Waals surface area contributed by atoms with Gasteiger partial charge in [0.05, 0.1) is 5.03 Å². The van der Waals surface area contributed by atoms with Gasteiger partial charge in [-0.25, -0.2) is 4.98 Å². The molecule has 0 aromatic carbocycles. The molecule has 1 saturated carbocycles. The van der Waals surface area contributed by atoms with Crippen LogP contribution in [0.4, 0.5) is 0 Å². The summed E-state index contributed by atoms with van der Waals surface area (Å²) >= 11 is 7.76. The Kier molecular flexibility index (Phi) is 4.33. The van der Waals surface area contributed by atoms with Crippen LogP contribution in [-0.4, -0.2) is 10.7 Å². The molecule has 0 N–H and O–H groups in total. The van der Waals surface area contributed by atoms with Crippen LogP contribution in [0.15, 0.2) is 23.4 Å². The molecule has 0 saturated heterocycles. The van der Waals surface area contributed by atoms with Crippen molar-refractivity contribution in [2.45, 2.75) is 37.1 Å². The van der Waals surface area contributed by atoms with Gasteiger partial charge in [-0.1, -0.05) is 30.9 Å². The predicted octanol–water partition coefficient (Wildman–Crippen LogP) is 4.41. The van der Waals surface area contributed by atoms with E-state index in [0.717, 1.165) is 16.0 Å². The first kappa shape index (κ1) is 11.3. The molecular weight excluding hydrogens is 226 g/mol. The second kappa shape index (κ2) is 5.76. The van der Waals surface area contributed by atoms with Gasteiger partial charge in [-0.2, -0.15) is 0 Å². The lowest BCUT2D eigenvalue weighted by Crippen LogP contribution is -2.08. The van der Waals surface area contributed by atoms with E-state index in [2.05, 4.69) is 4.98 Å². The van der Waals surface area contributed by atoms with Gasteiger partial charge >= 0.3 is 0 Å². The first-order valence-corrected chi connectivity index (χ1v) is 6.95. The average Bonchev–Trinajstić information content (AvgIpc) is 2.28. The number of halogens is 1. The van der Waals surface area contributed by atoms with E-state index in [1.54, 1.807) is 6.20 Å². The highest BCUT2D eigenvalue weighted by Gasteiger charge is 2.13. The summed E-state index contributed by atoms with van der Waals surface area (Å²) in [5, 5.41) is 1.85. The van der Waals surface area contributed by atoms with E-state index >= 15 is 0 Å². The third kappa shape index (κ3) is 3.69. The van der Waals surface area contributed by atoms with Crippen LogP contribution in [0.1, 0.15) is 32.1 Å². The molecular formula is C12H16ClNS. The maximum atomic E-state index is 5.91. The number of nitrogens with zero attached hydrogens (tertiary/aromatic N) is 1. The normalized spacial score (nSPS) is 17.9. The summed E-state index contributed by atoms with van der Waals surface area (Å²) in [6, 6.07) is 3.78. The first-order valence-electron chi connectivity index (χ1n) is 5.59. The van der Waals surface area contributed by atoms with Crippen LogP contribution < -0.4 is 0 Å². The number of aromatic nitrogens is 1. The van der Waals surface area contributed by atoms with Crippen molar-refractivity contribution < 1.29 is 0 Å². The molecule has 0 bridgehead atoms. The summed E-state index contributed by atoms with van der Waals surface area (Å²) in [5.74, 6) is 2.09. The van der Waals surface area contributed by atoms with E-state index < -0.39 is 0 Å². The Labute approximate surface area is 101 Å². The van der Waals surface area contributed by atoms with Crippen molar-refractivity contribution >= 4 is 23.4 Å². The highest BCUT2D eigenvalue weighted by molar-refractivity contribution is 7.99. The number of pyridine rings is 1. The molecule has 1 nitrogen and oxygen atoms in total. The van der Waals surface area contributed by atoms with Crippen LogP contribution >= 0.6 is 23.4 Å². The van der Waals surface area contributed by atoms with Gasteiger partial charge in [-0.05, 0) is 30.9 Å². The molecule has 0 amide bonds. The first-order chi connectivity index (χ1) is 7.34. The number of rotatable bonds is 3. The van der Waals surface area contributed by atoms with Crippen molar-refractivity contribution in [1.82, 2.24) is 4.98 Å². The Morgan fingerprint density at radius 2 is 2.13 bits per heavy atom. The fourth-order valence-corrected chi connectivity index (χ4v) is 3.33. The van der Waals surface area contributed by atoms with E-state index in [9.17, 15) is 0 Å². The summed E-state index contributed by atoms with van der Waals surface area (Å²) in [7, 11) is 0. The Balaban J connectivity index is 1.81. The van der Waals surface area contributed by atoms with Gasteiger partial charge in [0.15, 0.2) is 0 Å². The molecule has 1 aliphatic rings. The molecule has 0 aliphatic heterocycles. The summed E-state index contributed by atoms with van der Waals surface area (Å²) in [4.78, 5) is 4.30. The second-order valence-corrected chi connectivity index (χ2v) is 5.60. The van der Waals surface area contributed by atoms with Crippen molar-refractivity contribution in [3.8, 4) is 0 Å². The van der Waals surface area contributed by atoms with Crippen LogP contribution in [-0.2, 0) is 0 Å². The molecule has 2 rings (SSSR count). The van der Waals surface area contributed by atoms with Crippen LogP contribution in [0, 0.1) is 5.92 Å². The predicted molar refractivity (Wildman–Crippen MR) is 66.5 cm³/mol. The molecule has 1 heterocycles. The lowest BCUT2D eigenvalue weighted by atomic mass is 9.91. The fourth-order valence-electron chi connectivity index (χ4n) is 2.02. The van der Waals surface area contributed by atoms with Gasteiger partial charge in [0.2, 0.25) is 0 Å². The van der Waals surface area contributed by atoms with Crippen molar-refractivity contribution in [2.24, 2.45) is 5.92 Å². The van der Waals surface area contributed by atoms with E-state index in [0.29, 0.717) is 0 Å². The highest BCUT2D eigenvalue weighted by Crippen LogP contribution is 2.29. The topological polar surface area (TPSA) is 12.9 Å². The molecule has 0 radical (unpaired) electrons. The molecule has 0 atom stereocenters. The van der Waals surface area contributed by atoms with Gasteiger partial charge in [-0.15, -0.1) is 11.8 Å². The largest absolute Gasteiger partial charge is 0.250 e. The minimum atomic E-state index is 0.788. The lowest BCUT2D eigenvalue weighted by Gasteiger charge is -2.20. The van der Waals surface area contributed by atoms with Gasteiger partial charge in [0, 0.05) is 17.0 Å². The van der Waals surface area contributed by atoms with E-state index in [1.807, 2.05) is 23.9 Å². The second-order valence-electron chi connectivity index (χ2n) is 4.13. The molecule has 15 heavy (non-hydrogen) atoms. The number of hydrogen-bond donors (Lipinski definition) is 0. The lowest BCUT2D eigenvalue weighted by molar-refractivity contribution is 0.391. The fraction of sp³-hybridized carbons (Fsp3) is 0.583. The SMILES string of the molecule is Clc1ccnc(SCC2CCCCC2)c1. The smallest absolute Gasteiger partial charge is 0.0974 e. The van der Waals surface area contributed by atoms with Gasteiger partial charge in [0.25, 0.3) is 0 Å². The van der Waals surface area contributed by atoms with Crippen LogP contribution in [0.2, 0.25) is 5.02 Å². The van der Waals surface area contributed by atoms with Crippen molar-refractivity contribution in [1.29, 1.82) is 0 Å². The summed E-state index contributed by atoms with van der Waals surface area (Å²) in [5.41, 5.74) is 0. The van der Waals surface area contributed by atoms with E-state index in [4.69, 9.17) is 11.6 Å². The van der Waals surface area contributed by atoms with Crippen LogP contribution in [0.5, 0.6) is 0 Å². The Morgan fingerprint density at radius 3 is 2.87 bits per heavy atom. The minimum absolute atomic E-state index is 0.788. The number of thioether (sulfide) groups is 1. The standard InChI is InChI=1S/C12H16ClNS/c13-11-6-7-14-12(8-11)15-9-10-4-2-1-3-5-10/h6-8,10H,1-5,9H2. The average molecular weight is 242 g/mol. The zero-order chi connectivity index (χ0) is 10.5. The van der Waals surface area contributed by atoms with Gasteiger partial charge in [0.1, 0.15) is 0 Å². The van der Waals surface area contributed by atoms with Crippen molar-refractivity contribution in [3.05, 3.63) is 23.4 Å². The Bertz CT molecular complexity index is 310. The molecule has 0 spiro atoms. The Hall–Kier alpha value is -0.210.